The smallest absolute Gasteiger partial charge is 0.416 e. The summed E-state index contributed by atoms with van der Waals surface area (Å²) in [7, 11) is 2.41. The van der Waals surface area contributed by atoms with Gasteiger partial charge in [-0.1, -0.05) is 96.5 Å². The number of esters is 1. The molecule has 72 heavy (non-hydrogen) atoms. The average molecular weight is 1130 g/mol. The molecule has 16 nitrogen and oxygen atoms in total. The molecule has 0 bridgehead atoms. The first-order valence-electron chi connectivity index (χ1n) is 20.9. The molecule has 1 saturated heterocycles. The number of nitrogens with one attached hydrogen (secondary N) is 3. The van der Waals surface area contributed by atoms with Crippen molar-refractivity contribution in [1.29, 1.82) is 0 Å². The molecule has 10 N–H and O–H groups in total. The molecule has 5 rings (SSSR count). The summed E-state index contributed by atoms with van der Waals surface area (Å²) in [5.74, 6) is -2.76. The fourth-order valence-corrected chi connectivity index (χ4v) is 8.92. The second-order valence-electron chi connectivity index (χ2n) is 18.1. The summed E-state index contributed by atoms with van der Waals surface area (Å²) < 4.78 is 91.8. The summed E-state index contributed by atoms with van der Waals surface area (Å²) in [5.41, 5.74) is 3.10. The number of rotatable bonds is 10. The van der Waals surface area contributed by atoms with E-state index in [1.54, 1.807) is 12.2 Å². The van der Waals surface area contributed by atoms with Crippen LogP contribution < -0.4 is 21.7 Å². The first-order valence-corrected chi connectivity index (χ1v) is 23.6. The van der Waals surface area contributed by atoms with Crippen molar-refractivity contribution in [1.82, 2.24) is 5.32 Å². The van der Waals surface area contributed by atoms with Crippen molar-refractivity contribution in [2.24, 2.45) is 16.6 Å². The largest absolute Gasteiger partial charge is 0.454 e. The minimum absolute atomic E-state index is 0. The summed E-state index contributed by atoms with van der Waals surface area (Å²) in [4.78, 5) is 48.7. The minimum atomic E-state index is -4.68. The Morgan fingerprint density at radius 2 is 1.26 bits per heavy atom. The minimum Gasteiger partial charge on any atom is -0.454 e. The van der Waals surface area contributed by atoms with E-state index in [4.69, 9.17) is 43.1 Å². The Balaban J connectivity index is 0.000000588. The molecule has 0 unspecified atom stereocenters. The molecule has 0 radical (unpaired) electrons. The van der Waals surface area contributed by atoms with E-state index >= 15 is 0 Å². The van der Waals surface area contributed by atoms with E-state index < -0.39 is 108 Å². The van der Waals surface area contributed by atoms with Gasteiger partial charge in [0.15, 0.2) is 18.3 Å². The van der Waals surface area contributed by atoms with Gasteiger partial charge in [-0.05, 0) is 35.1 Å². The van der Waals surface area contributed by atoms with E-state index in [0.29, 0.717) is 4.90 Å². The summed E-state index contributed by atoms with van der Waals surface area (Å²) in [6.45, 7) is 11.5. The van der Waals surface area contributed by atoms with Gasteiger partial charge < -0.3 is 61.4 Å². The quantitative estimate of drug-likeness (QED) is 0.0688. The lowest BCUT2D eigenvalue weighted by Gasteiger charge is -2.28. The molecule has 2 aromatic carbocycles. The second kappa shape index (κ2) is 27.4. The third-order valence-electron chi connectivity index (χ3n) is 9.86. The van der Waals surface area contributed by atoms with Gasteiger partial charge in [-0.3, -0.25) is 14.4 Å². The van der Waals surface area contributed by atoms with Gasteiger partial charge in [0.2, 0.25) is 11.8 Å². The first kappa shape index (κ1) is 66.6. The van der Waals surface area contributed by atoms with Gasteiger partial charge in [-0.2, -0.15) is 26.3 Å². The van der Waals surface area contributed by atoms with Crippen molar-refractivity contribution in [2.75, 3.05) is 36.4 Å². The number of ether oxygens (including phenoxy) is 3. The number of benzene rings is 2. The van der Waals surface area contributed by atoms with Crippen LogP contribution in [-0.2, 0) is 45.7 Å². The molecule has 3 aliphatic rings. The number of cyclic esters (lactones) is 1. The number of amides is 3. The molecule has 27 heteroatoms. The van der Waals surface area contributed by atoms with Crippen LogP contribution >= 0.6 is 59.1 Å². The number of hydrogen-bond donors (Lipinski definition) is 9. The lowest BCUT2D eigenvalue weighted by molar-refractivity contribution is -0.151. The van der Waals surface area contributed by atoms with Crippen LogP contribution in [0.15, 0.2) is 58.4 Å². The van der Waals surface area contributed by atoms with E-state index in [2.05, 4.69) is 16.0 Å². The number of alkyl halides is 6. The fraction of sp³-hybridized carbons (Fsp3) is 0.556. The molecular weight excluding hydrogens is 1070 g/mol. The fourth-order valence-electron chi connectivity index (χ4n) is 6.16. The first-order chi connectivity index (χ1) is 32.1. The summed E-state index contributed by atoms with van der Waals surface area (Å²) in [6.07, 6.45) is -13.9. The van der Waals surface area contributed by atoms with Gasteiger partial charge in [0.05, 0.1) is 38.6 Å². The molecule has 408 valence electrons. The Morgan fingerprint density at radius 3 is 1.69 bits per heavy atom. The average Bonchev–Trinajstić information content (AvgIpc) is 3.32. The highest BCUT2D eigenvalue weighted by Crippen LogP contribution is 2.43. The molecule has 3 amide bonds. The number of methoxy groups -OCH3 is 2. The van der Waals surface area contributed by atoms with Crippen molar-refractivity contribution in [3.63, 3.8) is 0 Å². The Bertz CT molecular complexity index is 2250. The molecule has 0 spiro atoms. The Morgan fingerprint density at radius 1 is 0.806 bits per heavy atom. The van der Waals surface area contributed by atoms with Gasteiger partial charge in [0.25, 0.3) is 5.91 Å². The lowest BCUT2D eigenvalue weighted by Crippen LogP contribution is -2.55. The zero-order chi connectivity index (χ0) is 53.4. The van der Waals surface area contributed by atoms with Gasteiger partial charge >= 0.3 is 18.3 Å². The van der Waals surface area contributed by atoms with Crippen LogP contribution in [0, 0.1) is 10.8 Å². The number of anilines is 2. The summed E-state index contributed by atoms with van der Waals surface area (Å²) in [6, 6.07) is 1.21. The SMILES string of the molecule is C.CO[C@@H](C(=O)N[C@H]1CSc2c(Cl)cc(C(F)(F)F)cc2NC1=O)[C@H](O)[C@@H](O)[C@H](O)/C=C/C(C)(C)C.CO[C@H]1C(=O)O[C@@H]([C@H](O)/C=C/C(C)(C)C)[C@H]1O.Cl.N[C@H]1CSc2c(Cl)cc(C(F)(F)F)cc2NC1=O. The number of halogens is 9. The van der Waals surface area contributed by atoms with Crippen molar-refractivity contribution in [3.05, 3.63) is 69.7 Å². The Labute approximate surface area is 437 Å². The topological polar surface area (TPSA) is 259 Å². The van der Waals surface area contributed by atoms with Gasteiger partial charge in [-0.15, -0.1) is 35.9 Å². The highest BCUT2D eigenvalue weighted by molar-refractivity contribution is 8.00. The Hall–Kier alpha value is -3.37. The predicted octanol–water partition coefficient (Wildman–Crippen LogP) is 6.63. The summed E-state index contributed by atoms with van der Waals surface area (Å²) in [5, 5.41) is 57.2. The number of carbonyl (C=O) groups excluding carboxylic acids is 4. The van der Waals surface area contributed by atoms with Crippen LogP contribution in [0.1, 0.15) is 60.1 Å². The number of aliphatic hydroxyl groups excluding tert-OH is 5. The molecule has 1 fully saturated rings. The molecule has 10 atom stereocenters. The molecule has 0 aromatic heterocycles. The van der Waals surface area contributed by atoms with Gasteiger partial charge in [0, 0.05) is 35.5 Å². The number of nitrogens with two attached hydrogens (primary N) is 1. The van der Waals surface area contributed by atoms with Crippen LogP contribution in [0.3, 0.4) is 0 Å². The molecular formula is C45H61Cl3F6N4O12S2. The van der Waals surface area contributed by atoms with Crippen molar-refractivity contribution in [3.8, 4) is 0 Å². The molecule has 0 aliphatic carbocycles. The molecule has 3 aliphatic heterocycles. The van der Waals surface area contributed by atoms with Crippen LogP contribution in [0.25, 0.3) is 0 Å². The van der Waals surface area contributed by atoms with Crippen LogP contribution in [0.5, 0.6) is 0 Å². The molecule has 0 saturated carbocycles. The lowest BCUT2D eigenvalue weighted by atomic mass is 9.94. The van der Waals surface area contributed by atoms with Crippen LogP contribution in [-0.4, -0.2) is 136 Å². The number of carbonyl (C=O) groups is 4. The second-order valence-corrected chi connectivity index (χ2v) is 20.9. The zero-order valence-corrected chi connectivity index (χ0v) is 43.2. The summed E-state index contributed by atoms with van der Waals surface area (Å²) >= 11 is 13.9. The number of thioether (sulfide) groups is 2. The van der Waals surface area contributed by atoms with E-state index in [0.717, 1.165) is 54.9 Å². The Kier molecular flexibility index (Phi) is 25.4. The molecule has 2 aromatic rings. The third-order valence-corrected chi connectivity index (χ3v) is 13.2. The van der Waals surface area contributed by atoms with Crippen LogP contribution in [0.2, 0.25) is 10.0 Å². The van der Waals surface area contributed by atoms with Gasteiger partial charge in [-0.25, -0.2) is 4.79 Å². The molecule has 3 heterocycles. The maximum absolute atomic E-state index is 13.1. The number of fused-ring (bicyclic) bond motifs is 2. The van der Waals surface area contributed by atoms with E-state index in [9.17, 15) is 71.1 Å². The highest BCUT2D eigenvalue weighted by atomic mass is 35.5. The number of allylic oxidation sites excluding steroid dienone is 2. The predicted molar refractivity (Wildman–Crippen MR) is 264 cm³/mol. The zero-order valence-electron chi connectivity index (χ0n) is 39.2. The number of hydrogen-bond acceptors (Lipinski definition) is 15. The highest BCUT2D eigenvalue weighted by Gasteiger charge is 2.47. The monoisotopic (exact) mass is 1130 g/mol. The van der Waals surface area contributed by atoms with Gasteiger partial charge in [0.1, 0.15) is 36.6 Å². The van der Waals surface area contributed by atoms with E-state index in [-0.39, 0.29) is 68.5 Å². The standard InChI is InChI=1S/C22H28ClF3N2O6S.C12H20O5.C10H8ClF3N2OS.CH4.ClH/c1-21(2,3)6-5-14(29)15(30)16(31)17(34-4)20(33)28-13-9-35-18-11(23)7-10(22(24,25)26)8-12(18)27-19(13)32;1-12(2,3)6-5-7(13)9-8(14)10(16-4)11(15)17-9;11-5-1-4(10(12,13)14)2-7-8(5)18-3-6(15)9(17)16-7;;/h5-8,13-17,29-31H,9H2,1-4H3,(H,27,32)(H,28,33);5-10,13-14H,1-4H3;1-2,6H,3,15H2,(H,16,17);1H4;1H/b2*6-5+;;;/t13-,14+,15-,16+,17+;7-,8-,9+,10-;6-;;/m010../s1. The van der Waals surface area contributed by atoms with E-state index in [1.807, 2.05) is 41.5 Å². The van der Waals surface area contributed by atoms with Crippen LogP contribution in [0.4, 0.5) is 37.7 Å². The third kappa shape index (κ3) is 19.1. The maximum atomic E-state index is 13.1. The normalized spacial score (nSPS) is 22.5. The van der Waals surface area contributed by atoms with E-state index in [1.165, 1.54) is 19.3 Å². The van der Waals surface area contributed by atoms with Crippen molar-refractivity contribution in [2.45, 2.75) is 132 Å². The number of aliphatic hydroxyl groups is 5. The van der Waals surface area contributed by atoms with Crippen molar-refractivity contribution < 1.29 is 85.3 Å². The van der Waals surface area contributed by atoms with Crippen molar-refractivity contribution >= 4 is 94.2 Å². The maximum Gasteiger partial charge on any atom is 0.416 e.